The van der Waals surface area contributed by atoms with Crippen molar-refractivity contribution in [2.45, 2.75) is 51.6 Å². The normalized spacial score (nSPS) is 14.6. The molecule has 0 aromatic carbocycles. The molecule has 0 bridgehead atoms. The molecule has 0 radical (unpaired) electrons. The molecule has 0 atom stereocenters. The molecule has 1 saturated carbocycles. The van der Waals surface area contributed by atoms with Crippen LogP contribution in [0.3, 0.4) is 0 Å². The number of carbonyl (C=O) groups is 1. The number of amides is 1. The molecule has 1 amide bonds. The minimum absolute atomic E-state index is 0.0457. The van der Waals surface area contributed by atoms with E-state index in [-0.39, 0.29) is 5.91 Å². The number of hydrogen-bond acceptors (Lipinski definition) is 3. The van der Waals surface area contributed by atoms with Crippen molar-refractivity contribution in [1.82, 2.24) is 20.6 Å². The first-order chi connectivity index (χ1) is 9.19. The average Bonchev–Trinajstić information content (AvgIpc) is 3.11. The molecular weight excluding hydrogens is 264 g/mol. The molecule has 5 nitrogen and oxygen atoms in total. The molecule has 1 heterocycles. The standard InChI is InChI=1S/C13H21ClN4O/c1-2-3-4-11-17-10(13(14)18-11)7-15-8-12(19)16-9-5-6-9/h9,15H,2-8H2,1H3,(H,16,19)(H,17,18). The minimum atomic E-state index is 0.0457. The number of aromatic nitrogens is 2. The fourth-order valence-corrected chi connectivity index (χ4v) is 2.04. The maximum absolute atomic E-state index is 11.5. The van der Waals surface area contributed by atoms with Crippen molar-refractivity contribution in [3.63, 3.8) is 0 Å². The number of imidazole rings is 1. The average molecular weight is 285 g/mol. The first-order valence-electron chi connectivity index (χ1n) is 6.92. The second-order valence-electron chi connectivity index (χ2n) is 5.00. The first kappa shape index (κ1) is 14.3. The van der Waals surface area contributed by atoms with Crippen molar-refractivity contribution in [3.8, 4) is 0 Å². The maximum Gasteiger partial charge on any atom is 0.234 e. The number of nitrogens with one attached hydrogen (secondary N) is 3. The summed E-state index contributed by atoms with van der Waals surface area (Å²) < 4.78 is 0. The lowest BCUT2D eigenvalue weighted by Crippen LogP contribution is -2.34. The highest BCUT2D eigenvalue weighted by atomic mass is 35.5. The van der Waals surface area contributed by atoms with Crippen LogP contribution in [0, 0.1) is 0 Å². The number of halogens is 1. The van der Waals surface area contributed by atoms with E-state index in [1.165, 1.54) is 0 Å². The quantitative estimate of drug-likeness (QED) is 0.681. The first-order valence-corrected chi connectivity index (χ1v) is 7.30. The van der Waals surface area contributed by atoms with Gasteiger partial charge in [-0.05, 0) is 19.3 Å². The molecule has 106 valence electrons. The SMILES string of the molecule is CCCCc1nc(Cl)c(CNCC(=O)NC2CC2)[nH]1. The van der Waals surface area contributed by atoms with Gasteiger partial charge in [-0.15, -0.1) is 0 Å². The van der Waals surface area contributed by atoms with E-state index in [2.05, 4.69) is 27.5 Å². The number of H-pyrrole nitrogens is 1. The van der Waals surface area contributed by atoms with E-state index in [9.17, 15) is 4.79 Å². The molecule has 1 fully saturated rings. The largest absolute Gasteiger partial charge is 0.352 e. The van der Waals surface area contributed by atoms with Gasteiger partial charge in [-0.1, -0.05) is 24.9 Å². The van der Waals surface area contributed by atoms with Crippen LogP contribution in [0.2, 0.25) is 5.15 Å². The van der Waals surface area contributed by atoms with Crippen LogP contribution < -0.4 is 10.6 Å². The molecule has 19 heavy (non-hydrogen) atoms. The molecule has 6 heteroatoms. The van der Waals surface area contributed by atoms with Gasteiger partial charge in [0.05, 0.1) is 12.2 Å². The summed E-state index contributed by atoms with van der Waals surface area (Å²) in [6, 6.07) is 0.408. The number of rotatable bonds is 8. The highest BCUT2D eigenvalue weighted by Gasteiger charge is 2.22. The summed E-state index contributed by atoms with van der Waals surface area (Å²) in [5.41, 5.74) is 0.854. The molecule has 0 aliphatic heterocycles. The third kappa shape index (κ3) is 4.84. The van der Waals surface area contributed by atoms with E-state index in [0.717, 1.165) is 43.6 Å². The zero-order valence-electron chi connectivity index (χ0n) is 11.3. The number of nitrogens with zero attached hydrogens (tertiary/aromatic N) is 1. The Balaban J connectivity index is 1.72. The summed E-state index contributed by atoms with van der Waals surface area (Å²) in [5.74, 6) is 0.968. The summed E-state index contributed by atoms with van der Waals surface area (Å²) in [6.07, 6.45) is 5.37. The summed E-state index contributed by atoms with van der Waals surface area (Å²) >= 11 is 6.05. The molecule has 0 spiro atoms. The van der Waals surface area contributed by atoms with Crippen LogP contribution in [-0.2, 0) is 17.8 Å². The van der Waals surface area contributed by atoms with Crippen molar-refractivity contribution < 1.29 is 4.79 Å². The van der Waals surface area contributed by atoms with Gasteiger partial charge in [0.25, 0.3) is 0 Å². The predicted octanol–water partition coefficient (Wildman–Crippen LogP) is 1.77. The number of unbranched alkanes of at least 4 members (excludes halogenated alkanes) is 1. The zero-order valence-corrected chi connectivity index (χ0v) is 12.0. The molecule has 2 rings (SSSR count). The maximum atomic E-state index is 11.5. The van der Waals surface area contributed by atoms with Gasteiger partial charge in [0.15, 0.2) is 5.15 Å². The summed E-state index contributed by atoms with van der Waals surface area (Å²) in [6.45, 7) is 3.00. The van der Waals surface area contributed by atoms with E-state index >= 15 is 0 Å². The van der Waals surface area contributed by atoms with E-state index in [0.29, 0.717) is 24.3 Å². The van der Waals surface area contributed by atoms with Gasteiger partial charge >= 0.3 is 0 Å². The lowest BCUT2D eigenvalue weighted by Gasteiger charge is -2.04. The highest BCUT2D eigenvalue weighted by molar-refractivity contribution is 6.30. The Labute approximate surface area is 118 Å². The van der Waals surface area contributed by atoms with Crippen molar-refractivity contribution in [3.05, 3.63) is 16.7 Å². The van der Waals surface area contributed by atoms with Crippen molar-refractivity contribution >= 4 is 17.5 Å². The van der Waals surface area contributed by atoms with E-state index in [4.69, 9.17) is 11.6 Å². The molecule has 0 saturated heterocycles. The highest BCUT2D eigenvalue weighted by Crippen LogP contribution is 2.18. The van der Waals surface area contributed by atoms with Crippen LogP contribution in [0.25, 0.3) is 0 Å². The van der Waals surface area contributed by atoms with Gasteiger partial charge in [-0.25, -0.2) is 4.98 Å². The number of carbonyl (C=O) groups excluding carboxylic acids is 1. The lowest BCUT2D eigenvalue weighted by molar-refractivity contribution is -0.120. The van der Waals surface area contributed by atoms with Crippen LogP contribution in [-0.4, -0.2) is 28.5 Å². The van der Waals surface area contributed by atoms with E-state index in [1.54, 1.807) is 0 Å². The Bertz CT molecular complexity index is 428. The van der Waals surface area contributed by atoms with Gasteiger partial charge in [0.1, 0.15) is 5.82 Å². The van der Waals surface area contributed by atoms with E-state index in [1.807, 2.05) is 0 Å². The minimum Gasteiger partial charge on any atom is -0.352 e. The van der Waals surface area contributed by atoms with Crippen LogP contribution in [0.15, 0.2) is 0 Å². The molecule has 1 aromatic rings. The molecule has 1 aliphatic carbocycles. The lowest BCUT2D eigenvalue weighted by atomic mass is 10.2. The molecule has 1 aliphatic rings. The monoisotopic (exact) mass is 284 g/mol. The van der Waals surface area contributed by atoms with E-state index < -0.39 is 0 Å². The summed E-state index contributed by atoms with van der Waals surface area (Å²) in [5, 5.41) is 6.51. The van der Waals surface area contributed by atoms with Crippen LogP contribution in [0.1, 0.15) is 44.1 Å². The molecular formula is C13H21ClN4O. The third-order valence-corrected chi connectivity index (χ3v) is 3.39. The Morgan fingerprint density at radius 3 is 3.00 bits per heavy atom. The Kier molecular flexibility index (Phi) is 5.22. The third-order valence-electron chi connectivity index (χ3n) is 3.07. The number of aryl methyl sites for hydroxylation is 1. The van der Waals surface area contributed by atoms with Crippen LogP contribution in [0.4, 0.5) is 0 Å². The van der Waals surface area contributed by atoms with Gasteiger partial charge in [0.2, 0.25) is 5.91 Å². The Morgan fingerprint density at radius 1 is 1.53 bits per heavy atom. The van der Waals surface area contributed by atoms with Crippen molar-refractivity contribution in [2.75, 3.05) is 6.54 Å². The predicted molar refractivity (Wildman–Crippen MR) is 75.1 cm³/mol. The summed E-state index contributed by atoms with van der Waals surface area (Å²) in [7, 11) is 0. The van der Waals surface area contributed by atoms with Crippen LogP contribution in [0.5, 0.6) is 0 Å². The topological polar surface area (TPSA) is 69.8 Å². The molecule has 0 unspecified atom stereocenters. The van der Waals surface area contributed by atoms with Gasteiger partial charge in [0, 0.05) is 19.0 Å². The molecule has 1 aromatic heterocycles. The zero-order chi connectivity index (χ0) is 13.7. The van der Waals surface area contributed by atoms with Gasteiger partial charge < -0.3 is 15.6 Å². The number of hydrogen-bond donors (Lipinski definition) is 3. The fraction of sp³-hybridized carbons (Fsp3) is 0.692. The summed E-state index contributed by atoms with van der Waals surface area (Å²) in [4.78, 5) is 19.0. The fourth-order valence-electron chi connectivity index (χ4n) is 1.83. The van der Waals surface area contributed by atoms with Crippen LogP contribution >= 0.6 is 11.6 Å². The molecule has 3 N–H and O–H groups in total. The Hall–Kier alpha value is -1.07. The van der Waals surface area contributed by atoms with Gasteiger partial charge in [-0.3, -0.25) is 4.79 Å². The second-order valence-corrected chi connectivity index (χ2v) is 5.36. The van der Waals surface area contributed by atoms with Crippen molar-refractivity contribution in [1.29, 1.82) is 0 Å². The Morgan fingerprint density at radius 2 is 2.32 bits per heavy atom. The number of aromatic amines is 1. The van der Waals surface area contributed by atoms with Gasteiger partial charge in [-0.2, -0.15) is 0 Å². The second kappa shape index (κ2) is 6.91. The smallest absolute Gasteiger partial charge is 0.234 e. The van der Waals surface area contributed by atoms with Crippen molar-refractivity contribution in [2.24, 2.45) is 0 Å².